The molecule has 30 heavy (non-hydrogen) atoms. The smallest absolute Gasteiger partial charge is 0.213 e. The Bertz CT molecular complexity index is 1160. The van der Waals surface area contributed by atoms with Gasteiger partial charge in [-0.25, -0.2) is 14.4 Å². The van der Waals surface area contributed by atoms with E-state index in [0.29, 0.717) is 28.9 Å². The third kappa shape index (κ3) is 3.74. The van der Waals surface area contributed by atoms with Crippen LogP contribution in [-0.4, -0.2) is 43.9 Å². The van der Waals surface area contributed by atoms with Gasteiger partial charge >= 0.3 is 0 Å². The maximum Gasteiger partial charge on any atom is 0.213 e. The van der Waals surface area contributed by atoms with Gasteiger partial charge in [0.2, 0.25) is 5.88 Å². The van der Waals surface area contributed by atoms with Crippen LogP contribution in [0.15, 0.2) is 48.9 Å². The minimum atomic E-state index is -0.285. The molecule has 1 aromatic carbocycles. The molecule has 0 aliphatic heterocycles. The Labute approximate surface area is 172 Å². The van der Waals surface area contributed by atoms with Crippen LogP contribution in [-0.2, 0) is 11.3 Å². The molecule has 3 aromatic heterocycles. The van der Waals surface area contributed by atoms with E-state index in [1.54, 1.807) is 44.9 Å². The first kappa shape index (κ1) is 19.6. The summed E-state index contributed by atoms with van der Waals surface area (Å²) < 4.78 is 25.6. The molecule has 0 radical (unpaired) electrons. The number of pyridine rings is 1. The van der Waals surface area contributed by atoms with Crippen molar-refractivity contribution in [1.82, 2.24) is 29.7 Å². The SMILES string of the molecule is COCc1nnc(-c2cnc(-c3ccc(F)cc3C)cn2)n1-c1ccc(OC)nc1. The molecule has 0 fully saturated rings. The monoisotopic (exact) mass is 406 g/mol. The maximum absolute atomic E-state index is 13.4. The summed E-state index contributed by atoms with van der Waals surface area (Å²) in [4.78, 5) is 13.3. The van der Waals surface area contributed by atoms with Crippen molar-refractivity contribution in [1.29, 1.82) is 0 Å². The van der Waals surface area contributed by atoms with Crippen LogP contribution >= 0.6 is 0 Å². The van der Waals surface area contributed by atoms with Gasteiger partial charge in [-0.3, -0.25) is 9.55 Å². The van der Waals surface area contributed by atoms with Crippen LogP contribution in [0, 0.1) is 12.7 Å². The lowest BCUT2D eigenvalue weighted by Gasteiger charge is -2.10. The van der Waals surface area contributed by atoms with Crippen molar-refractivity contribution in [3.05, 3.63) is 66.1 Å². The van der Waals surface area contributed by atoms with E-state index in [-0.39, 0.29) is 12.4 Å². The molecule has 0 N–H and O–H groups in total. The summed E-state index contributed by atoms with van der Waals surface area (Å²) in [7, 11) is 3.15. The fourth-order valence-electron chi connectivity index (χ4n) is 3.10. The molecule has 152 valence electrons. The van der Waals surface area contributed by atoms with Gasteiger partial charge < -0.3 is 9.47 Å². The molecular weight excluding hydrogens is 387 g/mol. The Morgan fingerprint density at radius 2 is 1.73 bits per heavy atom. The van der Waals surface area contributed by atoms with Crippen molar-refractivity contribution in [2.24, 2.45) is 0 Å². The first-order valence-electron chi connectivity index (χ1n) is 9.13. The van der Waals surface area contributed by atoms with Crippen molar-refractivity contribution in [3.8, 4) is 34.3 Å². The highest BCUT2D eigenvalue weighted by Crippen LogP contribution is 2.25. The third-order valence-electron chi connectivity index (χ3n) is 4.54. The molecular formula is C21H19FN6O2. The molecule has 3 heterocycles. The Morgan fingerprint density at radius 1 is 0.933 bits per heavy atom. The van der Waals surface area contributed by atoms with Crippen molar-refractivity contribution >= 4 is 0 Å². The van der Waals surface area contributed by atoms with E-state index in [0.717, 1.165) is 16.8 Å². The van der Waals surface area contributed by atoms with Crippen molar-refractivity contribution in [2.75, 3.05) is 14.2 Å². The second kappa shape index (κ2) is 8.34. The summed E-state index contributed by atoms with van der Waals surface area (Å²) in [6, 6.07) is 8.16. The second-order valence-electron chi connectivity index (χ2n) is 6.51. The number of nitrogens with zero attached hydrogens (tertiary/aromatic N) is 6. The van der Waals surface area contributed by atoms with Crippen LogP contribution in [0.4, 0.5) is 4.39 Å². The van der Waals surface area contributed by atoms with E-state index < -0.39 is 0 Å². The highest BCUT2D eigenvalue weighted by atomic mass is 19.1. The lowest BCUT2D eigenvalue weighted by Crippen LogP contribution is -2.06. The Kier molecular flexibility index (Phi) is 5.44. The molecule has 4 rings (SSSR count). The number of hydrogen-bond donors (Lipinski definition) is 0. The van der Waals surface area contributed by atoms with Gasteiger partial charge in [-0.15, -0.1) is 10.2 Å². The number of halogens is 1. The molecule has 0 amide bonds. The number of aryl methyl sites for hydroxylation is 1. The normalized spacial score (nSPS) is 10.9. The van der Waals surface area contributed by atoms with E-state index >= 15 is 0 Å². The minimum absolute atomic E-state index is 0.263. The molecule has 9 heteroatoms. The topological polar surface area (TPSA) is 87.8 Å². The van der Waals surface area contributed by atoms with Crippen LogP contribution in [0.5, 0.6) is 5.88 Å². The predicted octanol–water partition coefficient (Wildman–Crippen LogP) is 3.39. The van der Waals surface area contributed by atoms with Gasteiger partial charge in [-0.1, -0.05) is 0 Å². The van der Waals surface area contributed by atoms with Crippen LogP contribution < -0.4 is 4.74 Å². The summed E-state index contributed by atoms with van der Waals surface area (Å²) in [6.45, 7) is 2.09. The molecule has 0 unspecified atom stereocenters. The zero-order chi connectivity index (χ0) is 21.1. The quantitative estimate of drug-likeness (QED) is 0.485. The standard InChI is InChI=1S/C21H19FN6O2/c1-13-8-14(22)4-6-16(13)17-10-24-18(11-23-17)21-27-26-19(12-29-2)28(21)15-5-7-20(30-3)25-9-15/h4-11H,12H2,1-3H3. The van der Waals surface area contributed by atoms with E-state index in [2.05, 4.69) is 25.1 Å². The average molecular weight is 406 g/mol. The molecule has 0 spiro atoms. The second-order valence-corrected chi connectivity index (χ2v) is 6.51. The van der Waals surface area contributed by atoms with Crippen molar-refractivity contribution in [3.63, 3.8) is 0 Å². The van der Waals surface area contributed by atoms with Gasteiger partial charge in [-0.05, 0) is 36.8 Å². The molecule has 0 aliphatic carbocycles. The molecule has 0 aliphatic rings. The number of ether oxygens (including phenoxy) is 2. The maximum atomic E-state index is 13.4. The first-order chi connectivity index (χ1) is 14.6. The summed E-state index contributed by atoms with van der Waals surface area (Å²) >= 11 is 0. The van der Waals surface area contributed by atoms with Gasteiger partial charge in [0.25, 0.3) is 0 Å². The molecule has 4 aromatic rings. The van der Waals surface area contributed by atoms with Crippen molar-refractivity contribution < 1.29 is 13.9 Å². The summed E-state index contributed by atoms with van der Waals surface area (Å²) in [6.07, 6.45) is 4.91. The molecule has 0 bridgehead atoms. The number of benzene rings is 1. The summed E-state index contributed by atoms with van der Waals surface area (Å²) in [5, 5.41) is 8.50. The fraction of sp³-hybridized carbons (Fsp3) is 0.190. The first-order valence-corrected chi connectivity index (χ1v) is 9.13. The van der Waals surface area contributed by atoms with Gasteiger partial charge in [-0.2, -0.15) is 0 Å². The van der Waals surface area contributed by atoms with Crippen LogP contribution in [0.25, 0.3) is 28.5 Å². The molecule has 0 saturated carbocycles. The molecule has 0 atom stereocenters. The lowest BCUT2D eigenvalue weighted by atomic mass is 10.1. The van der Waals surface area contributed by atoms with E-state index in [1.165, 1.54) is 12.1 Å². The van der Waals surface area contributed by atoms with Gasteiger partial charge in [0.15, 0.2) is 11.6 Å². The number of rotatable bonds is 6. The largest absolute Gasteiger partial charge is 0.481 e. The minimum Gasteiger partial charge on any atom is -0.481 e. The number of hydrogen-bond acceptors (Lipinski definition) is 7. The summed E-state index contributed by atoms with van der Waals surface area (Å²) in [5.74, 6) is 1.32. The van der Waals surface area contributed by atoms with Crippen LogP contribution in [0.1, 0.15) is 11.4 Å². The predicted molar refractivity (Wildman–Crippen MR) is 108 cm³/mol. The van der Waals surface area contributed by atoms with Gasteiger partial charge in [0.1, 0.15) is 18.1 Å². The number of aromatic nitrogens is 6. The van der Waals surface area contributed by atoms with E-state index in [4.69, 9.17) is 9.47 Å². The Balaban J connectivity index is 1.74. The van der Waals surface area contributed by atoms with E-state index in [9.17, 15) is 4.39 Å². The van der Waals surface area contributed by atoms with Gasteiger partial charge in [0, 0.05) is 18.7 Å². The fourth-order valence-corrected chi connectivity index (χ4v) is 3.10. The van der Waals surface area contributed by atoms with E-state index in [1.807, 2.05) is 17.6 Å². The third-order valence-corrected chi connectivity index (χ3v) is 4.54. The highest BCUT2D eigenvalue weighted by Gasteiger charge is 2.18. The molecule has 0 saturated heterocycles. The average Bonchev–Trinajstić information content (AvgIpc) is 3.18. The zero-order valence-corrected chi connectivity index (χ0v) is 16.7. The highest BCUT2D eigenvalue weighted by molar-refractivity contribution is 5.64. The van der Waals surface area contributed by atoms with Gasteiger partial charge in [0.05, 0.1) is 37.1 Å². The summed E-state index contributed by atoms with van der Waals surface area (Å²) in [5.41, 5.74) is 3.51. The van der Waals surface area contributed by atoms with Crippen molar-refractivity contribution in [2.45, 2.75) is 13.5 Å². The Hall–Kier alpha value is -3.72. The molecule has 8 nitrogen and oxygen atoms in total. The van der Waals surface area contributed by atoms with Crippen LogP contribution in [0.2, 0.25) is 0 Å². The Morgan fingerprint density at radius 3 is 2.37 bits per heavy atom. The zero-order valence-electron chi connectivity index (χ0n) is 16.7. The lowest BCUT2D eigenvalue weighted by molar-refractivity contribution is 0.176. The van der Waals surface area contributed by atoms with Crippen LogP contribution in [0.3, 0.4) is 0 Å². The number of methoxy groups -OCH3 is 2.